The Morgan fingerprint density at radius 1 is 1.48 bits per heavy atom. The van der Waals surface area contributed by atoms with Crippen LogP contribution in [-0.4, -0.2) is 32.0 Å². The third-order valence-electron chi connectivity index (χ3n) is 4.04. The summed E-state index contributed by atoms with van der Waals surface area (Å²) in [4.78, 5) is 4.15. The average Bonchev–Trinajstić information content (AvgIpc) is 3.15. The molecule has 1 saturated heterocycles. The van der Waals surface area contributed by atoms with Crippen LogP contribution in [0.25, 0.3) is 0 Å². The number of hydrogen-bond donors (Lipinski definition) is 1. The molecule has 0 saturated carbocycles. The molecule has 6 nitrogen and oxygen atoms in total. The summed E-state index contributed by atoms with van der Waals surface area (Å²) in [6.07, 6.45) is 6.67. The fourth-order valence-corrected chi connectivity index (χ4v) is 2.86. The van der Waals surface area contributed by atoms with E-state index in [4.69, 9.17) is 4.74 Å². The minimum absolute atomic E-state index is 0.0723. The van der Waals surface area contributed by atoms with Crippen molar-refractivity contribution in [3.8, 4) is 0 Å². The summed E-state index contributed by atoms with van der Waals surface area (Å²) in [5, 5.41) is 8.02. The molecule has 2 aromatic heterocycles. The molecule has 0 aromatic carbocycles. The largest absolute Gasteiger partial charge is 0.370 e. The summed E-state index contributed by atoms with van der Waals surface area (Å²) in [5.41, 5.74) is 2.34. The number of nitrogens with zero attached hydrogens (tertiary/aromatic N) is 4. The van der Waals surface area contributed by atoms with Crippen molar-refractivity contribution in [1.82, 2.24) is 24.6 Å². The van der Waals surface area contributed by atoms with Gasteiger partial charge in [0.2, 0.25) is 0 Å². The van der Waals surface area contributed by atoms with Crippen LogP contribution in [0.15, 0.2) is 24.8 Å². The van der Waals surface area contributed by atoms with Gasteiger partial charge in [-0.15, -0.1) is 0 Å². The quantitative estimate of drug-likeness (QED) is 0.912. The van der Waals surface area contributed by atoms with E-state index in [-0.39, 0.29) is 6.10 Å². The third kappa shape index (κ3) is 2.87. The molecule has 0 spiro atoms. The SMILES string of the molecule is CC(C)n1nccc1[C@H]1OCC[C@@H]1NCc1cncn1C. The zero-order valence-electron chi connectivity index (χ0n) is 12.9. The predicted molar refractivity (Wildman–Crippen MR) is 79.8 cm³/mol. The normalized spacial score (nSPS) is 22.3. The summed E-state index contributed by atoms with van der Waals surface area (Å²) < 4.78 is 10.0. The van der Waals surface area contributed by atoms with Gasteiger partial charge in [0.15, 0.2) is 0 Å². The smallest absolute Gasteiger partial charge is 0.114 e. The van der Waals surface area contributed by atoms with Gasteiger partial charge in [-0.05, 0) is 26.3 Å². The molecule has 6 heteroatoms. The molecule has 2 atom stereocenters. The van der Waals surface area contributed by atoms with Crippen LogP contribution in [0, 0.1) is 0 Å². The maximum atomic E-state index is 5.96. The van der Waals surface area contributed by atoms with E-state index in [0.29, 0.717) is 12.1 Å². The van der Waals surface area contributed by atoms with Crippen molar-refractivity contribution in [2.45, 2.75) is 45.0 Å². The summed E-state index contributed by atoms with van der Waals surface area (Å²) in [6.45, 7) is 5.88. The topological polar surface area (TPSA) is 56.9 Å². The van der Waals surface area contributed by atoms with Gasteiger partial charge in [-0.25, -0.2) is 4.98 Å². The molecular weight excluding hydrogens is 266 g/mol. The minimum Gasteiger partial charge on any atom is -0.370 e. The van der Waals surface area contributed by atoms with Gasteiger partial charge in [0.25, 0.3) is 0 Å². The van der Waals surface area contributed by atoms with E-state index in [2.05, 4.69) is 40.0 Å². The molecule has 0 radical (unpaired) electrons. The van der Waals surface area contributed by atoms with Gasteiger partial charge in [-0.3, -0.25) is 4.68 Å². The van der Waals surface area contributed by atoms with E-state index < -0.39 is 0 Å². The van der Waals surface area contributed by atoms with E-state index in [1.165, 1.54) is 5.69 Å². The van der Waals surface area contributed by atoms with Crippen LogP contribution >= 0.6 is 0 Å². The van der Waals surface area contributed by atoms with E-state index in [1.807, 2.05) is 30.3 Å². The Labute approximate surface area is 125 Å². The first-order valence-electron chi connectivity index (χ1n) is 7.50. The van der Waals surface area contributed by atoms with Crippen molar-refractivity contribution in [1.29, 1.82) is 0 Å². The second kappa shape index (κ2) is 5.99. The van der Waals surface area contributed by atoms with Crippen LogP contribution in [0.2, 0.25) is 0 Å². The van der Waals surface area contributed by atoms with Crippen molar-refractivity contribution < 1.29 is 4.74 Å². The molecule has 2 aromatic rings. The molecular formula is C15H23N5O. The second-order valence-corrected chi connectivity index (χ2v) is 5.86. The Morgan fingerprint density at radius 3 is 3.05 bits per heavy atom. The van der Waals surface area contributed by atoms with Crippen molar-refractivity contribution in [3.63, 3.8) is 0 Å². The third-order valence-corrected chi connectivity index (χ3v) is 4.04. The lowest BCUT2D eigenvalue weighted by Gasteiger charge is -2.22. The molecule has 1 aliphatic rings. The maximum Gasteiger partial charge on any atom is 0.114 e. The van der Waals surface area contributed by atoms with Gasteiger partial charge in [0.1, 0.15) is 6.10 Å². The molecule has 3 rings (SSSR count). The van der Waals surface area contributed by atoms with Gasteiger partial charge in [-0.1, -0.05) is 0 Å². The first-order chi connectivity index (χ1) is 10.2. The van der Waals surface area contributed by atoms with E-state index in [9.17, 15) is 0 Å². The van der Waals surface area contributed by atoms with Crippen LogP contribution in [0.5, 0.6) is 0 Å². The van der Waals surface area contributed by atoms with Crippen molar-refractivity contribution in [2.75, 3.05) is 6.61 Å². The van der Waals surface area contributed by atoms with Gasteiger partial charge >= 0.3 is 0 Å². The zero-order valence-corrected chi connectivity index (χ0v) is 12.9. The number of aromatic nitrogens is 4. The maximum absolute atomic E-state index is 5.96. The summed E-state index contributed by atoms with van der Waals surface area (Å²) >= 11 is 0. The summed E-state index contributed by atoms with van der Waals surface area (Å²) in [6, 6.07) is 2.72. The Balaban J connectivity index is 1.70. The van der Waals surface area contributed by atoms with Crippen LogP contribution in [-0.2, 0) is 18.3 Å². The Kier molecular flexibility index (Phi) is 4.07. The molecule has 1 aliphatic heterocycles. The predicted octanol–water partition coefficient (Wildman–Crippen LogP) is 1.82. The van der Waals surface area contributed by atoms with Gasteiger partial charge in [-0.2, -0.15) is 5.10 Å². The number of hydrogen-bond acceptors (Lipinski definition) is 4. The standard InChI is InChI=1S/C15H23N5O/c1-11(2)20-14(4-6-18-20)15-13(5-7-21-15)17-9-12-8-16-10-19(12)3/h4,6,8,10-11,13,15,17H,5,7,9H2,1-3H3/t13-,15-/m0/s1. The first kappa shape index (κ1) is 14.3. The molecule has 3 heterocycles. The Bertz CT molecular complexity index is 588. The first-order valence-corrected chi connectivity index (χ1v) is 7.50. The van der Waals surface area contributed by atoms with Gasteiger partial charge in [0.05, 0.1) is 17.7 Å². The molecule has 0 amide bonds. The minimum atomic E-state index is 0.0723. The number of aryl methyl sites for hydroxylation is 1. The summed E-state index contributed by atoms with van der Waals surface area (Å²) in [7, 11) is 2.01. The van der Waals surface area contributed by atoms with Crippen LogP contribution in [0.4, 0.5) is 0 Å². The van der Waals surface area contributed by atoms with Crippen LogP contribution in [0.1, 0.15) is 43.8 Å². The van der Waals surface area contributed by atoms with E-state index in [1.54, 1.807) is 0 Å². The number of ether oxygens (including phenoxy) is 1. The molecule has 0 bridgehead atoms. The lowest BCUT2D eigenvalue weighted by Crippen LogP contribution is -2.33. The molecule has 21 heavy (non-hydrogen) atoms. The van der Waals surface area contributed by atoms with E-state index >= 15 is 0 Å². The lowest BCUT2D eigenvalue weighted by atomic mass is 10.1. The lowest BCUT2D eigenvalue weighted by molar-refractivity contribution is 0.0898. The highest BCUT2D eigenvalue weighted by Gasteiger charge is 2.32. The zero-order chi connectivity index (χ0) is 14.8. The Morgan fingerprint density at radius 2 is 2.33 bits per heavy atom. The van der Waals surface area contributed by atoms with Crippen molar-refractivity contribution in [2.24, 2.45) is 7.05 Å². The van der Waals surface area contributed by atoms with Gasteiger partial charge < -0.3 is 14.6 Å². The second-order valence-electron chi connectivity index (χ2n) is 5.86. The fraction of sp³-hybridized carbons (Fsp3) is 0.600. The number of imidazole rings is 1. The number of nitrogens with one attached hydrogen (secondary N) is 1. The highest BCUT2D eigenvalue weighted by Crippen LogP contribution is 2.30. The van der Waals surface area contributed by atoms with E-state index in [0.717, 1.165) is 25.3 Å². The number of rotatable bonds is 5. The van der Waals surface area contributed by atoms with Crippen LogP contribution < -0.4 is 5.32 Å². The highest BCUT2D eigenvalue weighted by atomic mass is 16.5. The molecule has 0 aliphatic carbocycles. The highest BCUT2D eigenvalue weighted by molar-refractivity contribution is 5.11. The molecule has 1 N–H and O–H groups in total. The van der Waals surface area contributed by atoms with Crippen molar-refractivity contribution in [3.05, 3.63) is 36.2 Å². The average molecular weight is 289 g/mol. The monoisotopic (exact) mass is 289 g/mol. The Hall–Kier alpha value is -1.66. The van der Waals surface area contributed by atoms with Crippen LogP contribution in [0.3, 0.4) is 0 Å². The van der Waals surface area contributed by atoms with Crippen molar-refractivity contribution >= 4 is 0 Å². The summed E-state index contributed by atoms with van der Waals surface area (Å²) in [5.74, 6) is 0. The van der Waals surface area contributed by atoms with Gasteiger partial charge in [0, 0.05) is 44.7 Å². The molecule has 0 unspecified atom stereocenters. The molecule has 1 fully saturated rings. The molecule has 114 valence electrons. The fourth-order valence-electron chi connectivity index (χ4n) is 2.86.